The average molecular weight is 379 g/mol. The third kappa shape index (κ3) is 2.37. The minimum atomic E-state index is 0.0837. The summed E-state index contributed by atoms with van der Waals surface area (Å²) in [5.74, 6) is 0.773. The number of aromatic hydroxyl groups is 2. The Kier molecular flexibility index (Phi) is 3.42. The molecule has 1 fully saturated rings. The quantitative estimate of drug-likeness (QED) is 0.605. The van der Waals surface area contributed by atoms with E-state index < -0.39 is 0 Å². The van der Waals surface area contributed by atoms with Gasteiger partial charge in [0.1, 0.15) is 11.5 Å². The van der Waals surface area contributed by atoms with Crippen LogP contribution in [-0.4, -0.2) is 22.3 Å². The number of rotatable bonds is 1. The molecule has 0 bridgehead atoms. The fraction of sp³-hybridized carbons (Fsp3) is 0.154. The highest BCUT2D eigenvalue weighted by Gasteiger charge is 2.51. The van der Waals surface area contributed by atoms with Crippen LogP contribution in [0.3, 0.4) is 0 Å². The van der Waals surface area contributed by atoms with E-state index in [1.54, 1.807) is 12.1 Å². The Morgan fingerprint density at radius 1 is 0.621 bits per heavy atom. The number of anilines is 1. The summed E-state index contributed by atoms with van der Waals surface area (Å²) in [4.78, 5) is 2.35. The third-order valence-corrected chi connectivity index (χ3v) is 6.61. The summed E-state index contributed by atoms with van der Waals surface area (Å²) in [5.41, 5.74) is 6.14. The van der Waals surface area contributed by atoms with Gasteiger partial charge in [0, 0.05) is 35.7 Å². The SMILES string of the molecule is Oc1cc(O)cc(N2C3C=Cc4ccccc4C3C3c4ccccc4C=CC32)c1. The molecule has 2 aliphatic carbocycles. The van der Waals surface area contributed by atoms with E-state index >= 15 is 0 Å². The van der Waals surface area contributed by atoms with Gasteiger partial charge in [-0.15, -0.1) is 0 Å². The molecule has 1 aliphatic heterocycles. The number of hydrogen-bond acceptors (Lipinski definition) is 3. The summed E-state index contributed by atoms with van der Waals surface area (Å²) >= 11 is 0. The van der Waals surface area contributed by atoms with Crippen molar-refractivity contribution in [1.29, 1.82) is 0 Å². The average Bonchev–Trinajstić information content (AvgIpc) is 3.08. The van der Waals surface area contributed by atoms with Crippen LogP contribution in [0.25, 0.3) is 12.2 Å². The fourth-order valence-electron chi connectivity index (χ4n) is 5.56. The lowest BCUT2D eigenvalue weighted by Crippen LogP contribution is -2.36. The molecule has 2 N–H and O–H groups in total. The first-order chi connectivity index (χ1) is 14.2. The first-order valence-corrected chi connectivity index (χ1v) is 10.1. The van der Waals surface area contributed by atoms with Crippen LogP contribution in [0.2, 0.25) is 0 Å². The summed E-state index contributed by atoms with van der Waals surface area (Å²) in [6.07, 6.45) is 8.98. The van der Waals surface area contributed by atoms with Crippen LogP contribution in [0.5, 0.6) is 11.5 Å². The maximum atomic E-state index is 10.1. The van der Waals surface area contributed by atoms with E-state index in [-0.39, 0.29) is 23.6 Å². The Bertz CT molecular complexity index is 1090. The molecule has 0 aromatic heterocycles. The highest BCUT2D eigenvalue weighted by molar-refractivity contribution is 5.72. The molecule has 0 spiro atoms. The topological polar surface area (TPSA) is 43.7 Å². The third-order valence-electron chi connectivity index (χ3n) is 6.61. The lowest BCUT2D eigenvalue weighted by atomic mass is 9.72. The van der Waals surface area contributed by atoms with E-state index in [0.717, 1.165) is 5.69 Å². The molecule has 0 saturated carbocycles. The minimum Gasteiger partial charge on any atom is -0.508 e. The molecule has 3 nitrogen and oxygen atoms in total. The number of fused-ring (bicyclic) bond motifs is 7. The first kappa shape index (κ1) is 16.5. The van der Waals surface area contributed by atoms with Gasteiger partial charge in [0.05, 0.1) is 12.1 Å². The van der Waals surface area contributed by atoms with Crippen LogP contribution in [0.4, 0.5) is 5.69 Å². The molecule has 0 radical (unpaired) electrons. The van der Waals surface area contributed by atoms with Gasteiger partial charge in [-0.3, -0.25) is 0 Å². The van der Waals surface area contributed by atoms with Gasteiger partial charge in [-0.05, 0) is 22.3 Å². The van der Waals surface area contributed by atoms with E-state index in [1.165, 1.54) is 28.3 Å². The zero-order valence-electron chi connectivity index (χ0n) is 15.8. The van der Waals surface area contributed by atoms with Crippen LogP contribution < -0.4 is 4.90 Å². The second-order valence-corrected chi connectivity index (χ2v) is 8.12. The van der Waals surface area contributed by atoms with Gasteiger partial charge in [-0.25, -0.2) is 0 Å². The molecule has 142 valence electrons. The highest BCUT2D eigenvalue weighted by atomic mass is 16.3. The van der Waals surface area contributed by atoms with Crippen LogP contribution in [-0.2, 0) is 0 Å². The van der Waals surface area contributed by atoms with Crippen LogP contribution in [0, 0.1) is 0 Å². The summed E-state index contributed by atoms with van der Waals surface area (Å²) in [5, 5.41) is 20.3. The van der Waals surface area contributed by atoms with Crippen molar-refractivity contribution >= 4 is 17.8 Å². The summed E-state index contributed by atoms with van der Waals surface area (Å²) in [6.45, 7) is 0. The Morgan fingerprint density at radius 2 is 1.10 bits per heavy atom. The van der Waals surface area contributed by atoms with E-state index in [4.69, 9.17) is 0 Å². The predicted molar refractivity (Wildman–Crippen MR) is 116 cm³/mol. The fourth-order valence-corrected chi connectivity index (χ4v) is 5.56. The normalized spacial score (nSPS) is 25.9. The zero-order valence-corrected chi connectivity index (χ0v) is 15.8. The summed E-state index contributed by atoms with van der Waals surface area (Å²) in [7, 11) is 0. The number of hydrogen-bond donors (Lipinski definition) is 2. The second kappa shape index (κ2) is 6.02. The van der Waals surface area contributed by atoms with Crippen molar-refractivity contribution in [2.24, 2.45) is 0 Å². The molecule has 1 heterocycles. The smallest absolute Gasteiger partial charge is 0.121 e. The lowest BCUT2D eigenvalue weighted by molar-refractivity contribution is 0.450. The lowest BCUT2D eigenvalue weighted by Gasteiger charge is -2.33. The van der Waals surface area contributed by atoms with Crippen LogP contribution in [0.1, 0.15) is 34.1 Å². The molecule has 29 heavy (non-hydrogen) atoms. The van der Waals surface area contributed by atoms with E-state index in [2.05, 4.69) is 77.7 Å². The monoisotopic (exact) mass is 379 g/mol. The minimum absolute atomic E-state index is 0.0837. The zero-order chi connectivity index (χ0) is 19.5. The maximum absolute atomic E-state index is 10.1. The van der Waals surface area contributed by atoms with Crippen LogP contribution >= 0.6 is 0 Å². The predicted octanol–water partition coefficient (Wildman–Crippen LogP) is 5.28. The summed E-state index contributed by atoms with van der Waals surface area (Å²) in [6, 6.07) is 22.5. The van der Waals surface area contributed by atoms with Crippen molar-refractivity contribution < 1.29 is 10.2 Å². The van der Waals surface area contributed by atoms with Gasteiger partial charge in [0.15, 0.2) is 0 Å². The van der Waals surface area contributed by atoms with E-state index in [1.807, 2.05) is 0 Å². The molecule has 4 unspecified atom stereocenters. The molecule has 0 amide bonds. The van der Waals surface area contributed by atoms with Gasteiger partial charge in [0.25, 0.3) is 0 Å². The number of phenols is 2. The standard InChI is InChI=1S/C26H21NO2/c28-19-13-18(14-20(29)15-19)27-23-11-9-16-5-1-3-7-21(16)25(23)26-22-8-4-2-6-17(22)10-12-24(26)27/h1-15,23-26,28-29H. The van der Waals surface area contributed by atoms with Crippen molar-refractivity contribution in [1.82, 2.24) is 0 Å². The Morgan fingerprint density at radius 3 is 1.62 bits per heavy atom. The Labute approximate surface area is 169 Å². The van der Waals surface area contributed by atoms with Gasteiger partial charge >= 0.3 is 0 Å². The molecule has 1 saturated heterocycles. The molecule has 3 heteroatoms. The van der Waals surface area contributed by atoms with Crippen LogP contribution in [0.15, 0.2) is 78.9 Å². The van der Waals surface area contributed by atoms with E-state index in [9.17, 15) is 10.2 Å². The maximum Gasteiger partial charge on any atom is 0.121 e. The Hall–Kier alpha value is -3.46. The van der Waals surface area contributed by atoms with Crippen molar-refractivity contribution in [2.45, 2.75) is 23.9 Å². The number of phenolic OH excluding ortho intramolecular Hbond substituents is 2. The molecular formula is C26H21NO2. The number of benzene rings is 3. The first-order valence-electron chi connectivity index (χ1n) is 10.1. The Balaban J connectivity index is 1.59. The van der Waals surface area contributed by atoms with Crippen molar-refractivity contribution in [2.75, 3.05) is 4.90 Å². The summed E-state index contributed by atoms with van der Waals surface area (Å²) < 4.78 is 0. The molecule has 3 aromatic rings. The molecule has 3 aromatic carbocycles. The van der Waals surface area contributed by atoms with E-state index in [0.29, 0.717) is 11.8 Å². The van der Waals surface area contributed by atoms with Gasteiger partial charge in [-0.1, -0.05) is 72.8 Å². The van der Waals surface area contributed by atoms with Gasteiger partial charge in [0.2, 0.25) is 0 Å². The van der Waals surface area contributed by atoms with Crippen molar-refractivity contribution in [3.8, 4) is 11.5 Å². The number of nitrogens with zero attached hydrogens (tertiary/aromatic N) is 1. The van der Waals surface area contributed by atoms with Gasteiger partial charge < -0.3 is 15.1 Å². The van der Waals surface area contributed by atoms with Gasteiger partial charge in [-0.2, -0.15) is 0 Å². The van der Waals surface area contributed by atoms with Crippen molar-refractivity contribution in [3.63, 3.8) is 0 Å². The second-order valence-electron chi connectivity index (χ2n) is 8.12. The molecule has 4 atom stereocenters. The van der Waals surface area contributed by atoms with Crippen molar-refractivity contribution in [3.05, 3.63) is 101 Å². The molecular weight excluding hydrogens is 358 g/mol. The highest BCUT2D eigenvalue weighted by Crippen LogP contribution is 2.55. The molecule has 6 rings (SSSR count). The largest absolute Gasteiger partial charge is 0.508 e. The molecule has 3 aliphatic rings.